The van der Waals surface area contributed by atoms with Crippen LogP contribution >= 0.6 is 23.2 Å². The second-order valence-electron chi connectivity index (χ2n) is 4.40. The Morgan fingerprint density at radius 1 is 0.955 bits per heavy atom. The van der Waals surface area contributed by atoms with E-state index in [0.717, 1.165) is 5.69 Å². The maximum absolute atomic E-state index is 10.2. The molecular weight excluding hydrogens is 323 g/mol. The van der Waals surface area contributed by atoms with Crippen LogP contribution in [-0.4, -0.2) is 14.9 Å². The molecule has 0 aliphatic heterocycles. The molecule has 3 rings (SSSR count). The van der Waals surface area contributed by atoms with Gasteiger partial charge in [-0.25, -0.2) is 0 Å². The molecule has 0 spiro atoms. The largest absolute Gasteiger partial charge is 0.492 e. The van der Waals surface area contributed by atoms with E-state index in [4.69, 9.17) is 23.2 Å². The molecule has 0 saturated carbocycles. The predicted molar refractivity (Wildman–Crippen MR) is 85.9 cm³/mol. The van der Waals surface area contributed by atoms with Gasteiger partial charge in [-0.15, -0.1) is 10.2 Å². The number of benzene rings is 2. The van der Waals surface area contributed by atoms with Crippen molar-refractivity contribution in [2.75, 3.05) is 0 Å². The van der Waals surface area contributed by atoms with Gasteiger partial charge in [-0.1, -0.05) is 41.4 Å². The van der Waals surface area contributed by atoms with Crippen LogP contribution in [0.4, 0.5) is 11.4 Å². The van der Waals surface area contributed by atoms with E-state index in [1.807, 2.05) is 30.3 Å². The van der Waals surface area contributed by atoms with Crippen LogP contribution in [0.1, 0.15) is 0 Å². The third kappa shape index (κ3) is 2.95. The summed E-state index contributed by atoms with van der Waals surface area (Å²) in [5.41, 5.74) is 1.38. The lowest BCUT2D eigenvalue weighted by molar-refractivity contribution is 0.434. The summed E-state index contributed by atoms with van der Waals surface area (Å²) in [6, 6.07) is 14.1. The standard InChI is InChI=1S/C15H10Cl2N4O/c16-10-6-7-12(17)13(8-10)19-20-14-9-18-21(15(14)22)11-4-2-1-3-5-11/h1-9,22H/b20-19+. The van der Waals surface area contributed by atoms with Crippen molar-refractivity contribution >= 4 is 34.6 Å². The molecule has 1 heterocycles. The molecule has 0 saturated heterocycles. The zero-order valence-corrected chi connectivity index (χ0v) is 12.7. The van der Waals surface area contributed by atoms with E-state index in [9.17, 15) is 5.11 Å². The van der Waals surface area contributed by atoms with Gasteiger partial charge in [0.2, 0.25) is 5.88 Å². The molecule has 0 radical (unpaired) electrons. The molecule has 22 heavy (non-hydrogen) atoms. The van der Waals surface area contributed by atoms with Crippen LogP contribution in [0.15, 0.2) is 65.0 Å². The summed E-state index contributed by atoms with van der Waals surface area (Å²) in [4.78, 5) is 0. The Kier molecular flexibility index (Phi) is 4.09. The summed E-state index contributed by atoms with van der Waals surface area (Å²) in [6.07, 6.45) is 1.42. The van der Waals surface area contributed by atoms with E-state index < -0.39 is 0 Å². The summed E-state index contributed by atoms with van der Waals surface area (Å²) in [5, 5.41) is 23.2. The Bertz CT molecular complexity index is 831. The SMILES string of the molecule is Oc1c(/N=N/c2cc(Cl)ccc2Cl)cnn1-c1ccccc1. The fraction of sp³-hybridized carbons (Fsp3) is 0. The number of aromatic hydroxyl groups is 1. The Hall–Kier alpha value is -2.37. The Morgan fingerprint density at radius 3 is 2.45 bits per heavy atom. The number of para-hydroxylation sites is 1. The first-order valence-corrected chi connectivity index (χ1v) is 7.10. The quantitative estimate of drug-likeness (QED) is 0.661. The number of halogens is 2. The maximum Gasteiger partial charge on any atom is 0.242 e. The number of azo groups is 1. The van der Waals surface area contributed by atoms with Crippen LogP contribution in [0.3, 0.4) is 0 Å². The van der Waals surface area contributed by atoms with Gasteiger partial charge in [0.1, 0.15) is 5.69 Å². The van der Waals surface area contributed by atoms with Crippen molar-refractivity contribution in [3.8, 4) is 11.6 Å². The first-order chi connectivity index (χ1) is 10.6. The monoisotopic (exact) mass is 332 g/mol. The molecule has 2 aromatic carbocycles. The zero-order chi connectivity index (χ0) is 15.5. The highest BCUT2D eigenvalue weighted by atomic mass is 35.5. The number of aromatic nitrogens is 2. The summed E-state index contributed by atoms with van der Waals surface area (Å²) >= 11 is 11.9. The van der Waals surface area contributed by atoms with Gasteiger partial charge in [-0.05, 0) is 30.3 Å². The van der Waals surface area contributed by atoms with Gasteiger partial charge in [0.25, 0.3) is 0 Å². The molecule has 0 fully saturated rings. The van der Waals surface area contributed by atoms with Gasteiger partial charge < -0.3 is 5.11 Å². The van der Waals surface area contributed by atoms with Gasteiger partial charge in [0.05, 0.1) is 16.9 Å². The van der Waals surface area contributed by atoms with Gasteiger partial charge >= 0.3 is 0 Å². The molecule has 1 aromatic heterocycles. The van der Waals surface area contributed by atoms with E-state index in [-0.39, 0.29) is 11.6 Å². The van der Waals surface area contributed by atoms with Crippen molar-refractivity contribution in [2.45, 2.75) is 0 Å². The number of hydrogen-bond acceptors (Lipinski definition) is 4. The Labute approximate surface area is 136 Å². The predicted octanol–water partition coefficient (Wildman–Crippen LogP) is 5.30. The maximum atomic E-state index is 10.2. The Morgan fingerprint density at radius 2 is 1.68 bits per heavy atom. The summed E-state index contributed by atoms with van der Waals surface area (Å²) in [7, 11) is 0. The van der Waals surface area contributed by atoms with Gasteiger partial charge in [0, 0.05) is 5.02 Å². The molecule has 0 unspecified atom stereocenters. The molecule has 0 aliphatic carbocycles. The van der Waals surface area contributed by atoms with Crippen molar-refractivity contribution in [1.29, 1.82) is 0 Å². The molecule has 0 amide bonds. The van der Waals surface area contributed by atoms with Crippen LogP contribution in [0.5, 0.6) is 5.88 Å². The lowest BCUT2D eigenvalue weighted by Crippen LogP contribution is -1.93. The summed E-state index contributed by atoms with van der Waals surface area (Å²) < 4.78 is 1.37. The third-order valence-corrected chi connectivity index (χ3v) is 3.45. The second kappa shape index (κ2) is 6.17. The van der Waals surface area contributed by atoms with Crippen LogP contribution in [0, 0.1) is 0 Å². The van der Waals surface area contributed by atoms with Crippen LogP contribution < -0.4 is 0 Å². The van der Waals surface area contributed by atoms with E-state index >= 15 is 0 Å². The van der Waals surface area contributed by atoms with E-state index in [2.05, 4.69) is 15.3 Å². The van der Waals surface area contributed by atoms with E-state index in [0.29, 0.717) is 15.7 Å². The van der Waals surface area contributed by atoms with Crippen molar-refractivity contribution in [1.82, 2.24) is 9.78 Å². The minimum Gasteiger partial charge on any atom is -0.492 e. The topological polar surface area (TPSA) is 62.8 Å². The van der Waals surface area contributed by atoms with E-state index in [1.54, 1.807) is 18.2 Å². The number of hydrogen-bond donors (Lipinski definition) is 1. The smallest absolute Gasteiger partial charge is 0.242 e. The molecule has 110 valence electrons. The summed E-state index contributed by atoms with van der Waals surface area (Å²) in [6.45, 7) is 0. The molecule has 1 N–H and O–H groups in total. The Balaban J connectivity index is 1.92. The molecule has 5 nitrogen and oxygen atoms in total. The van der Waals surface area contributed by atoms with E-state index in [1.165, 1.54) is 10.9 Å². The third-order valence-electron chi connectivity index (χ3n) is 2.90. The molecule has 0 atom stereocenters. The van der Waals surface area contributed by atoms with Gasteiger partial charge in [-0.2, -0.15) is 9.78 Å². The van der Waals surface area contributed by atoms with Crippen molar-refractivity contribution in [2.24, 2.45) is 10.2 Å². The van der Waals surface area contributed by atoms with Crippen LogP contribution in [0.25, 0.3) is 5.69 Å². The number of rotatable bonds is 3. The minimum atomic E-state index is -0.104. The lowest BCUT2D eigenvalue weighted by atomic mass is 10.3. The minimum absolute atomic E-state index is 0.104. The number of nitrogens with zero attached hydrogens (tertiary/aromatic N) is 4. The highest BCUT2D eigenvalue weighted by Gasteiger charge is 2.10. The average Bonchev–Trinajstić information content (AvgIpc) is 2.90. The molecule has 7 heteroatoms. The zero-order valence-electron chi connectivity index (χ0n) is 11.2. The van der Waals surface area contributed by atoms with Crippen molar-refractivity contribution in [3.05, 3.63) is 64.8 Å². The fourth-order valence-corrected chi connectivity index (χ4v) is 2.15. The summed E-state index contributed by atoms with van der Waals surface area (Å²) in [5.74, 6) is -0.104. The van der Waals surface area contributed by atoms with Crippen LogP contribution in [0.2, 0.25) is 10.0 Å². The first-order valence-electron chi connectivity index (χ1n) is 6.34. The molecule has 0 bridgehead atoms. The normalized spacial score (nSPS) is 11.2. The highest BCUT2D eigenvalue weighted by molar-refractivity contribution is 6.35. The molecule has 3 aromatic rings. The molecular formula is C15H10Cl2N4O. The van der Waals surface area contributed by atoms with Gasteiger partial charge in [-0.3, -0.25) is 0 Å². The fourth-order valence-electron chi connectivity index (χ4n) is 1.83. The average molecular weight is 333 g/mol. The lowest BCUT2D eigenvalue weighted by Gasteiger charge is -2.01. The van der Waals surface area contributed by atoms with Gasteiger partial charge in [0.15, 0.2) is 5.69 Å². The molecule has 0 aliphatic rings. The van der Waals surface area contributed by atoms with Crippen molar-refractivity contribution in [3.63, 3.8) is 0 Å². The van der Waals surface area contributed by atoms with Crippen molar-refractivity contribution < 1.29 is 5.11 Å². The van der Waals surface area contributed by atoms with Crippen LogP contribution in [-0.2, 0) is 0 Å². The first kappa shape index (κ1) is 14.6. The highest BCUT2D eigenvalue weighted by Crippen LogP contribution is 2.33. The second-order valence-corrected chi connectivity index (χ2v) is 5.24.